The Bertz CT molecular complexity index is 714. The number of hydrogen-bond acceptors (Lipinski definition) is 6. The maximum atomic E-state index is 12.5. The number of rotatable bonds is 6. The van der Waals surface area contributed by atoms with Crippen LogP contribution in [0.5, 0.6) is 0 Å². The van der Waals surface area contributed by atoms with E-state index in [-0.39, 0.29) is 18.1 Å². The number of likely N-dealkylation sites (N-methyl/N-ethyl adjacent to an activating group) is 1. The van der Waals surface area contributed by atoms with Gasteiger partial charge < -0.3 is 15.0 Å². The van der Waals surface area contributed by atoms with Gasteiger partial charge in [-0.2, -0.15) is 0 Å². The van der Waals surface area contributed by atoms with Crippen molar-refractivity contribution in [1.29, 1.82) is 0 Å². The van der Waals surface area contributed by atoms with Gasteiger partial charge in [-0.15, -0.1) is 5.10 Å². The number of hydrogen-bond donors (Lipinski definition) is 1. The third-order valence-electron chi connectivity index (χ3n) is 4.41. The zero-order valence-corrected chi connectivity index (χ0v) is 14.8. The quantitative estimate of drug-likeness (QED) is 0.820. The number of carbonyl (C=O) groups excluding carboxylic acids is 1. The molecule has 2 aromatic rings. The first-order chi connectivity index (χ1) is 12.1. The Kier molecular flexibility index (Phi) is 5.40. The summed E-state index contributed by atoms with van der Waals surface area (Å²) in [4.78, 5) is 14.7. The van der Waals surface area contributed by atoms with Crippen LogP contribution in [0.1, 0.15) is 28.7 Å². The van der Waals surface area contributed by atoms with E-state index in [1.54, 1.807) is 4.68 Å². The second-order valence-electron chi connectivity index (χ2n) is 6.38. The van der Waals surface area contributed by atoms with Gasteiger partial charge in [-0.1, -0.05) is 12.1 Å². The summed E-state index contributed by atoms with van der Waals surface area (Å²) in [6.45, 7) is 6.70. The van der Waals surface area contributed by atoms with E-state index in [0.717, 1.165) is 24.5 Å². The summed E-state index contributed by atoms with van der Waals surface area (Å²) in [5, 5.41) is 14.5. The number of ether oxygens (including phenoxy) is 1. The second kappa shape index (κ2) is 7.71. The molecule has 0 aliphatic carbocycles. The summed E-state index contributed by atoms with van der Waals surface area (Å²) in [7, 11) is 2.04. The third kappa shape index (κ3) is 4.21. The van der Waals surface area contributed by atoms with E-state index >= 15 is 0 Å². The molecule has 1 aromatic heterocycles. The SMILES string of the molecule is CCO[C@H]1CN(C)C[C@@H]1NC(=O)c1ccc(Cn2nnnc2C)cc1. The molecule has 2 atom stereocenters. The lowest BCUT2D eigenvalue weighted by Gasteiger charge is -2.19. The van der Waals surface area contributed by atoms with E-state index < -0.39 is 0 Å². The molecule has 0 unspecified atom stereocenters. The fourth-order valence-electron chi connectivity index (χ4n) is 3.07. The number of nitrogens with zero attached hydrogens (tertiary/aromatic N) is 5. The molecule has 0 radical (unpaired) electrons. The summed E-state index contributed by atoms with van der Waals surface area (Å²) in [6, 6.07) is 7.53. The van der Waals surface area contributed by atoms with Gasteiger partial charge in [0, 0.05) is 25.3 Å². The molecule has 8 nitrogen and oxygen atoms in total. The number of nitrogens with one attached hydrogen (secondary N) is 1. The van der Waals surface area contributed by atoms with E-state index in [1.165, 1.54) is 0 Å². The van der Waals surface area contributed by atoms with E-state index in [2.05, 4.69) is 25.7 Å². The molecular weight excluding hydrogens is 320 g/mol. The lowest BCUT2D eigenvalue weighted by atomic mass is 10.1. The number of aromatic nitrogens is 4. The average Bonchev–Trinajstić information content (AvgIpc) is 3.14. The number of carbonyl (C=O) groups is 1. The molecule has 1 N–H and O–H groups in total. The van der Waals surface area contributed by atoms with E-state index in [4.69, 9.17) is 4.74 Å². The summed E-state index contributed by atoms with van der Waals surface area (Å²) < 4.78 is 7.45. The highest BCUT2D eigenvalue weighted by atomic mass is 16.5. The zero-order valence-electron chi connectivity index (χ0n) is 14.8. The van der Waals surface area contributed by atoms with Gasteiger partial charge in [0.1, 0.15) is 5.82 Å². The van der Waals surface area contributed by atoms with E-state index in [1.807, 2.05) is 45.2 Å². The first kappa shape index (κ1) is 17.5. The monoisotopic (exact) mass is 344 g/mol. The van der Waals surface area contributed by atoms with Crippen molar-refractivity contribution in [2.75, 3.05) is 26.7 Å². The van der Waals surface area contributed by atoms with Gasteiger partial charge in [0.15, 0.2) is 0 Å². The molecule has 1 aliphatic heterocycles. The number of likely N-dealkylation sites (tertiary alicyclic amines) is 1. The summed E-state index contributed by atoms with van der Waals surface area (Å²) in [5.74, 6) is 0.685. The minimum absolute atomic E-state index is 0.0148. The molecule has 0 saturated carbocycles. The smallest absolute Gasteiger partial charge is 0.251 e. The molecule has 134 valence electrons. The Labute approximate surface area is 147 Å². The Hall–Kier alpha value is -2.32. The molecule has 0 spiro atoms. The molecule has 2 heterocycles. The maximum absolute atomic E-state index is 12.5. The second-order valence-corrected chi connectivity index (χ2v) is 6.38. The van der Waals surface area contributed by atoms with Crippen molar-refractivity contribution in [2.24, 2.45) is 0 Å². The van der Waals surface area contributed by atoms with Crippen LogP contribution in [0, 0.1) is 6.92 Å². The van der Waals surface area contributed by atoms with Crippen molar-refractivity contribution >= 4 is 5.91 Å². The molecule has 3 rings (SSSR count). The van der Waals surface area contributed by atoms with Crippen molar-refractivity contribution in [3.63, 3.8) is 0 Å². The fourth-order valence-corrected chi connectivity index (χ4v) is 3.07. The predicted molar refractivity (Wildman–Crippen MR) is 92.3 cm³/mol. The van der Waals surface area contributed by atoms with E-state index in [0.29, 0.717) is 18.7 Å². The van der Waals surface area contributed by atoms with Crippen LogP contribution in [0.3, 0.4) is 0 Å². The van der Waals surface area contributed by atoms with Gasteiger partial charge in [0.25, 0.3) is 5.91 Å². The average molecular weight is 344 g/mol. The Morgan fingerprint density at radius 2 is 2.08 bits per heavy atom. The van der Waals surface area contributed by atoms with Crippen LogP contribution in [0.15, 0.2) is 24.3 Å². The van der Waals surface area contributed by atoms with Crippen molar-refractivity contribution in [3.8, 4) is 0 Å². The van der Waals surface area contributed by atoms with Crippen LogP contribution in [0.4, 0.5) is 0 Å². The van der Waals surface area contributed by atoms with Crippen LogP contribution in [0.2, 0.25) is 0 Å². The molecule has 8 heteroatoms. The van der Waals surface area contributed by atoms with E-state index in [9.17, 15) is 4.79 Å². The van der Waals surface area contributed by atoms with Crippen molar-refractivity contribution in [3.05, 3.63) is 41.2 Å². The standard InChI is InChI=1S/C17H24N6O2/c1-4-25-16-11-22(3)10-15(16)18-17(24)14-7-5-13(6-8-14)9-23-12(2)19-20-21-23/h5-8,15-16H,4,9-11H2,1-3H3,(H,18,24)/t15-,16-/m0/s1. The van der Waals surface area contributed by atoms with Gasteiger partial charge in [0.05, 0.1) is 18.7 Å². The summed E-state index contributed by atoms with van der Waals surface area (Å²) >= 11 is 0. The molecule has 25 heavy (non-hydrogen) atoms. The number of amides is 1. The highest BCUT2D eigenvalue weighted by molar-refractivity contribution is 5.94. The fraction of sp³-hybridized carbons (Fsp3) is 0.529. The van der Waals surface area contributed by atoms with Crippen molar-refractivity contribution in [2.45, 2.75) is 32.5 Å². The maximum Gasteiger partial charge on any atom is 0.251 e. The lowest BCUT2D eigenvalue weighted by Crippen LogP contribution is -2.43. The highest BCUT2D eigenvalue weighted by Gasteiger charge is 2.32. The van der Waals surface area contributed by atoms with Gasteiger partial charge in [-0.3, -0.25) is 4.79 Å². The zero-order chi connectivity index (χ0) is 17.8. The predicted octanol–water partition coefficient (Wildman–Crippen LogP) is 0.479. The third-order valence-corrected chi connectivity index (χ3v) is 4.41. The topological polar surface area (TPSA) is 85.2 Å². The van der Waals surface area contributed by atoms with Crippen LogP contribution in [-0.2, 0) is 11.3 Å². The Morgan fingerprint density at radius 3 is 2.72 bits per heavy atom. The normalized spacial score (nSPS) is 20.8. The van der Waals surface area contributed by atoms with Gasteiger partial charge in [-0.05, 0) is 49.0 Å². The first-order valence-corrected chi connectivity index (χ1v) is 8.49. The Balaban J connectivity index is 1.61. The Morgan fingerprint density at radius 1 is 1.32 bits per heavy atom. The van der Waals surface area contributed by atoms with Gasteiger partial charge in [0.2, 0.25) is 0 Å². The molecule has 1 amide bonds. The van der Waals surface area contributed by atoms with Crippen molar-refractivity contribution < 1.29 is 9.53 Å². The lowest BCUT2D eigenvalue weighted by molar-refractivity contribution is 0.0513. The number of tetrazole rings is 1. The summed E-state index contributed by atoms with van der Waals surface area (Å²) in [6.07, 6.45) is 0.0426. The molecule has 1 fully saturated rings. The first-order valence-electron chi connectivity index (χ1n) is 8.49. The van der Waals surface area contributed by atoms with Gasteiger partial charge >= 0.3 is 0 Å². The minimum Gasteiger partial charge on any atom is -0.375 e. The molecule has 0 bridgehead atoms. The van der Waals surface area contributed by atoms with Crippen LogP contribution >= 0.6 is 0 Å². The molecular formula is C17H24N6O2. The largest absolute Gasteiger partial charge is 0.375 e. The molecule has 1 aliphatic rings. The number of benzene rings is 1. The highest BCUT2D eigenvalue weighted by Crippen LogP contribution is 2.13. The molecule has 1 saturated heterocycles. The summed E-state index contributed by atoms with van der Waals surface area (Å²) in [5.41, 5.74) is 1.68. The van der Waals surface area contributed by atoms with Crippen LogP contribution < -0.4 is 5.32 Å². The van der Waals surface area contributed by atoms with Crippen LogP contribution in [0.25, 0.3) is 0 Å². The van der Waals surface area contributed by atoms with Gasteiger partial charge in [-0.25, -0.2) is 4.68 Å². The molecule has 1 aromatic carbocycles. The number of aryl methyl sites for hydroxylation is 1. The van der Waals surface area contributed by atoms with Crippen LogP contribution in [-0.4, -0.2) is 69.9 Å². The minimum atomic E-state index is -0.0739. The van der Waals surface area contributed by atoms with Crippen molar-refractivity contribution in [1.82, 2.24) is 30.4 Å².